The number of carbonyl (C=O) groups is 2. The molecule has 0 aromatic carbocycles. The second kappa shape index (κ2) is 5.90. The van der Waals surface area contributed by atoms with Crippen LogP contribution in [0.2, 0.25) is 0 Å². The summed E-state index contributed by atoms with van der Waals surface area (Å²) in [5, 5.41) is 15.8. The first-order chi connectivity index (χ1) is 9.02. The Balaban J connectivity index is 1.97. The minimum absolute atomic E-state index is 0.00264. The van der Waals surface area contributed by atoms with Crippen LogP contribution in [0, 0.1) is 5.41 Å². The van der Waals surface area contributed by atoms with Gasteiger partial charge in [-0.2, -0.15) is 0 Å². The Morgan fingerprint density at radius 3 is 2.79 bits per heavy atom. The van der Waals surface area contributed by atoms with E-state index >= 15 is 0 Å². The Kier molecular flexibility index (Phi) is 4.45. The van der Waals surface area contributed by atoms with E-state index in [9.17, 15) is 14.7 Å². The molecule has 3 N–H and O–H groups in total. The molecule has 1 aliphatic heterocycles. The lowest BCUT2D eigenvalue weighted by molar-refractivity contribution is -0.141. The molecule has 3 atom stereocenters. The number of hydrogen-bond acceptors (Lipinski definition) is 3. The molecule has 0 radical (unpaired) electrons. The molecule has 0 aromatic heterocycles. The number of nitrogens with one attached hydrogen (secondary N) is 2. The second-order valence-electron chi connectivity index (χ2n) is 6.02. The number of rotatable bonds is 2. The normalized spacial score (nSPS) is 36.2. The molecule has 1 saturated carbocycles. The summed E-state index contributed by atoms with van der Waals surface area (Å²) in [5.74, 6) is -0.135. The van der Waals surface area contributed by atoms with Crippen LogP contribution in [0.1, 0.15) is 58.3 Å². The zero-order valence-electron chi connectivity index (χ0n) is 11.6. The fourth-order valence-electron chi connectivity index (χ4n) is 2.98. The average Bonchev–Trinajstić information content (AvgIpc) is 2.57. The van der Waals surface area contributed by atoms with E-state index in [4.69, 9.17) is 0 Å². The van der Waals surface area contributed by atoms with Crippen LogP contribution >= 0.6 is 0 Å². The highest BCUT2D eigenvalue weighted by molar-refractivity contribution is 5.84. The summed E-state index contributed by atoms with van der Waals surface area (Å²) in [6.45, 7) is 1.82. The van der Waals surface area contributed by atoms with Gasteiger partial charge >= 0.3 is 0 Å². The summed E-state index contributed by atoms with van der Waals surface area (Å²) in [4.78, 5) is 23.9. The van der Waals surface area contributed by atoms with Gasteiger partial charge in [-0.25, -0.2) is 0 Å². The van der Waals surface area contributed by atoms with Crippen molar-refractivity contribution in [2.75, 3.05) is 0 Å². The molecule has 0 spiro atoms. The first-order valence-corrected chi connectivity index (χ1v) is 7.31. The van der Waals surface area contributed by atoms with Gasteiger partial charge in [-0.1, -0.05) is 12.8 Å². The van der Waals surface area contributed by atoms with Crippen LogP contribution in [0.25, 0.3) is 0 Å². The Hall–Kier alpha value is -1.10. The smallest absolute Gasteiger partial charge is 0.230 e. The molecule has 1 heterocycles. The van der Waals surface area contributed by atoms with Crippen LogP contribution in [0.15, 0.2) is 0 Å². The molecular formula is C14H24N2O3. The van der Waals surface area contributed by atoms with Crippen molar-refractivity contribution < 1.29 is 14.7 Å². The van der Waals surface area contributed by atoms with Gasteiger partial charge in [-0.3, -0.25) is 9.59 Å². The number of carbonyl (C=O) groups excluding carboxylic acids is 2. The lowest BCUT2D eigenvalue weighted by Crippen LogP contribution is -2.55. The molecule has 2 amide bonds. The summed E-state index contributed by atoms with van der Waals surface area (Å²) in [6, 6.07) is 0. The van der Waals surface area contributed by atoms with E-state index in [2.05, 4.69) is 10.6 Å². The van der Waals surface area contributed by atoms with Gasteiger partial charge in [0.05, 0.1) is 11.5 Å². The molecule has 19 heavy (non-hydrogen) atoms. The zero-order chi connectivity index (χ0) is 13.9. The Morgan fingerprint density at radius 1 is 1.32 bits per heavy atom. The summed E-state index contributed by atoms with van der Waals surface area (Å²) in [7, 11) is 0. The molecule has 5 heteroatoms. The van der Waals surface area contributed by atoms with Crippen molar-refractivity contribution in [3.05, 3.63) is 0 Å². The summed E-state index contributed by atoms with van der Waals surface area (Å²) in [6.07, 6.45) is 5.58. The third kappa shape index (κ3) is 3.26. The predicted octanol–water partition coefficient (Wildman–Crippen LogP) is 1.06. The van der Waals surface area contributed by atoms with Gasteiger partial charge in [0.2, 0.25) is 11.8 Å². The van der Waals surface area contributed by atoms with Crippen molar-refractivity contribution in [3.63, 3.8) is 0 Å². The molecule has 108 valence electrons. The van der Waals surface area contributed by atoms with Crippen molar-refractivity contribution in [3.8, 4) is 0 Å². The molecule has 2 aliphatic rings. The SMILES string of the molecule is CC1(C(=O)N[C@H]2CCCCC(=O)N2)CCCC[C@@H]1O. The highest BCUT2D eigenvalue weighted by Gasteiger charge is 2.42. The summed E-state index contributed by atoms with van der Waals surface area (Å²) >= 11 is 0. The van der Waals surface area contributed by atoms with E-state index in [0.717, 1.165) is 32.1 Å². The summed E-state index contributed by atoms with van der Waals surface area (Å²) in [5.41, 5.74) is -0.713. The topological polar surface area (TPSA) is 78.4 Å². The van der Waals surface area contributed by atoms with Gasteiger partial charge in [-0.15, -0.1) is 0 Å². The van der Waals surface area contributed by atoms with Crippen molar-refractivity contribution >= 4 is 11.8 Å². The van der Waals surface area contributed by atoms with Crippen molar-refractivity contribution in [1.82, 2.24) is 10.6 Å². The van der Waals surface area contributed by atoms with E-state index in [0.29, 0.717) is 19.3 Å². The van der Waals surface area contributed by atoms with E-state index in [1.807, 2.05) is 6.92 Å². The minimum atomic E-state index is -0.713. The number of aliphatic hydroxyl groups is 1. The molecule has 2 fully saturated rings. The van der Waals surface area contributed by atoms with Crippen LogP contribution in [-0.2, 0) is 9.59 Å². The van der Waals surface area contributed by atoms with Crippen LogP contribution in [0.5, 0.6) is 0 Å². The lowest BCUT2D eigenvalue weighted by Gasteiger charge is -2.38. The van der Waals surface area contributed by atoms with E-state index in [1.165, 1.54) is 0 Å². The maximum atomic E-state index is 12.4. The third-order valence-electron chi connectivity index (χ3n) is 4.47. The van der Waals surface area contributed by atoms with E-state index in [-0.39, 0.29) is 18.0 Å². The molecule has 0 aromatic rings. The highest BCUT2D eigenvalue weighted by Crippen LogP contribution is 2.36. The van der Waals surface area contributed by atoms with Crippen molar-refractivity contribution in [2.24, 2.45) is 5.41 Å². The molecule has 1 aliphatic carbocycles. The molecule has 5 nitrogen and oxygen atoms in total. The average molecular weight is 268 g/mol. The molecule has 0 bridgehead atoms. The van der Waals surface area contributed by atoms with Crippen LogP contribution in [0.3, 0.4) is 0 Å². The largest absolute Gasteiger partial charge is 0.392 e. The van der Waals surface area contributed by atoms with E-state index < -0.39 is 11.5 Å². The maximum absolute atomic E-state index is 12.4. The Labute approximate surface area is 114 Å². The first-order valence-electron chi connectivity index (χ1n) is 7.31. The molecular weight excluding hydrogens is 244 g/mol. The van der Waals surface area contributed by atoms with Crippen LogP contribution in [-0.4, -0.2) is 29.2 Å². The fourth-order valence-corrected chi connectivity index (χ4v) is 2.98. The number of amides is 2. The van der Waals surface area contributed by atoms with Gasteiger partial charge in [-0.05, 0) is 39.0 Å². The van der Waals surface area contributed by atoms with Crippen LogP contribution in [0.4, 0.5) is 0 Å². The maximum Gasteiger partial charge on any atom is 0.230 e. The minimum Gasteiger partial charge on any atom is -0.392 e. The zero-order valence-corrected chi connectivity index (χ0v) is 11.6. The van der Waals surface area contributed by atoms with Gasteiger partial charge < -0.3 is 15.7 Å². The highest BCUT2D eigenvalue weighted by atomic mass is 16.3. The quantitative estimate of drug-likeness (QED) is 0.700. The predicted molar refractivity (Wildman–Crippen MR) is 71.1 cm³/mol. The Bertz CT molecular complexity index is 359. The van der Waals surface area contributed by atoms with Crippen molar-refractivity contribution in [2.45, 2.75) is 70.6 Å². The third-order valence-corrected chi connectivity index (χ3v) is 4.47. The molecule has 1 unspecified atom stereocenters. The van der Waals surface area contributed by atoms with Gasteiger partial charge in [0.1, 0.15) is 6.17 Å². The number of aliphatic hydroxyl groups excluding tert-OH is 1. The van der Waals surface area contributed by atoms with Gasteiger partial charge in [0, 0.05) is 6.42 Å². The van der Waals surface area contributed by atoms with Gasteiger partial charge in [0.15, 0.2) is 0 Å². The first kappa shape index (κ1) is 14.3. The summed E-state index contributed by atoms with van der Waals surface area (Å²) < 4.78 is 0. The van der Waals surface area contributed by atoms with Gasteiger partial charge in [0.25, 0.3) is 0 Å². The lowest BCUT2D eigenvalue weighted by atomic mass is 9.72. The molecule has 2 rings (SSSR count). The fraction of sp³-hybridized carbons (Fsp3) is 0.857. The van der Waals surface area contributed by atoms with Crippen molar-refractivity contribution in [1.29, 1.82) is 0 Å². The number of hydrogen-bond donors (Lipinski definition) is 3. The second-order valence-corrected chi connectivity index (χ2v) is 6.02. The Morgan fingerprint density at radius 2 is 2.05 bits per heavy atom. The van der Waals surface area contributed by atoms with E-state index in [1.54, 1.807) is 0 Å². The standard InChI is InChI=1S/C14H24N2O3/c1-14(9-5-4-6-10(14)17)13(19)16-11-7-2-3-8-12(18)15-11/h10-11,17H,2-9H2,1H3,(H,15,18)(H,16,19)/t10-,11-,14?/m0/s1. The monoisotopic (exact) mass is 268 g/mol. The van der Waals surface area contributed by atoms with Crippen LogP contribution < -0.4 is 10.6 Å². The molecule has 1 saturated heterocycles.